The van der Waals surface area contributed by atoms with E-state index in [0.29, 0.717) is 12.8 Å². The second-order valence-electron chi connectivity index (χ2n) is 6.65. The number of oxazole rings is 1. The van der Waals surface area contributed by atoms with Gasteiger partial charge in [-0.15, -0.1) is 0 Å². The molecule has 0 atom stereocenters. The van der Waals surface area contributed by atoms with Gasteiger partial charge in [0.05, 0.1) is 5.75 Å². The topological polar surface area (TPSA) is 60.2 Å². The number of hydrogen-bond donors (Lipinski definition) is 0. The molecule has 1 rings (SSSR count). The molecule has 11 heteroatoms. The second kappa shape index (κ2) is 10.5. The Kier molecular flexibility index (Phi) is 9.29. The van der Waals surface area contributed by atoms with Crippen LogP contribution < -0.4 is 0 Å². The zero-order chi connectivity index (χ0) is 21.4. The fraction of sp³-hybridized carbons (Fsp3) is 0.824. The van der Waals surface area contributed by atoms with Gasteiger partial charge in [-0.2, -0.15) is 31.3 Å². The smallest absolute Gasteiger partial charge is 0.427 e. The predicted octanol–water partition coefficient (Wildman–Crippen LogP) is 6.41. The standard InChI is InChI=1S/C17H25F6NO3S/c1-2-3-4-5-6-7-8-9-10-11-12-28(25,26)14-13(16(18,19)20)27-15(24-14)17(21,22)23/h2-12H2,1H3. The number of alkyl halides is 6. The molecule has 0 aliphatic carbocycles. The average Bonchev–Trinajstić information content (AvgIpc) is 3.03. The van der Waals surface area contributed by atoms with E-state index < -0.39 is 44.6 Å². The van der Waals surface area contributed by atoms with Crippen LogP contribution in [0.15, 0.2) is 9.44 Å². The Morgan fingerprint density at radius 2 is 1.25 bits per heavy atom. The molecule has 0 aliphatic rings. The summed E-state index contributed by atoms with van der Waals surface area (Å²) in [6.45, 7) is 2.12. The molecule has 0 fully saturated rings. The van der Waals surface area contributed by atoms with Crippen molar-refractivity contribution in [2.75, 3.05) is 5.75 Å². The minimum atomic E-state index is -5.39. The highest BCUT2D eigenvalue weighted by molar-refractivity contribution is 7.91. The van der Waals surface area contributed by atoms with Crippen LogP contribution in [0.4, 0.5) is 26.3 Å². The molecule has 0 saturated heterocycles. The van der Waals surface area contributed by atoms with Crippen molar-refractivity contribution in [2.45, 2.75) is 88.5 Å². The minimum absolute atomic E-state index is 0.0453. The molecule has 4 nitrogen and oxygen atoms in total. The normalized spacial score (nSPS) is 13.2. The van der Waals surface area contributed by atoms with Gasteiger partial charge < -0.3 is 4.42 Å². The number of hydrogen-bond acceptors (Lipinski definition) is 4. The van der Waals surface area contributed by atoms with Gasteiger partial charge in [0, 0.05) is 0 Å². The number of sulfone groups is 1. The van der Waals surface area contributed by atoms with E-state index in [1.807, 2.05) is 0 Å². The predicted molar refractivity (Wildman–Crippen MR) is 90.4 cm³/mol. The molecule has 0 bridgehead atoms. The molecular weight excluding hydrogens is 412 g/mol. The van der Waals surface area contributed by atoms with Gasteiger partial charge in [0.15, 0.2) is 9.84 Å². The van der Waals surface area contributed by atoms with Crippen LogP contribution in [0.2, 0.25) is 0 Å². The Morgan fingerprint density at radius 3 is 1.68 bits per heavy atom. The van der Waals surface area contributed by atoms with E-state index in [0.717, 1.165) is 32.1 Å². The van der Waals surface area contributed by atoms with Gasteiger partial charge >= 0.3 is 18.2 Å². The van der Waals surface area contributed by atoms with E-state index in [2.05, 4.69) is 16.3 Å². The summed E-state index contributed by atoms with van der Waals surface area (Å²) >= 11 is 0. The summed E-state index contributed by atoms with van der Waals surface area (Å²) in [5.74, 6) is -5.16. The van der Waals surface area contributed by atoms with Crippen LogP contribution in [0, 0.1) is 0 Å². The third kappa shape index (κ3) is 8.00. The summed E-state index contributed by atoms with van der Waals surface area (Å²) in [6.07, 6.45) is -1.89. The summed E-state index contributed by atoms with van der Waals surface area (Å²) in [7, 11) is -4.65. The molecule has 1 heterocycles. The zero-order valence-electron chi connectivity index (χ0n) is 15.6. The van der Waals surface area contributed by atoms with Crippen molar-refractivity contribution in [3.8, 4) is 0 Å². The fourth-order valence-corrected chi connectivity index (χ4v) is 4.13. The van der Waals surface area contributed by atoms with E-state index in [4.69, 9.17) is 0 Å². The third-order valence-electron chi connectivity index (χ3n) is 4.16. The van der Waals surface area contributed by atoms with Crippen molar-refractivity contribution in [1.29, 1.82) is 0 Å². The molecule has 0 spiro atoms. The molecule has 1 aromatic rings. The van der Waals surface area contributed by atoms with Crippen LogP contribution in [0.5, 0.6) is 0 Å². The molecule has 0 unspecified atom stereocenters. The van der Waals surface area contributed by atoms with Crippen molar-refractivity contribution in [3.63, 3.8) is 0 Å². The van der Waals surface area contributed by atoms with E-state index in [9.17, 15) is 34.8 Å². The van der Waals surface area contributed by atoms with Crippen LogP contribution in [-0.2, 0) is 22.2 Å². The summed E-state index contributed by atoms with van der Waals surface area (Å²) in [5, 5.41) is -1.69. The Balaban J connectivity index is 2.58. The molecular formula is C17H25F6NO3S. The molecule has 0 radical (unpaired) electrons. The summed E-state index contributed by atoms with van der Waals surface area (Å²) in [6, 6.07) is 0. The lowest BCUT2D eigenvalue weighted by atomic mass is 10.1. The van der Waals surface area contributed by atoms with Crippen LogP contribution in [-0.4, -0.2) is 19.2 Å². The van der Waals surface area contributed by atoms with Crippen LogP contribution in [0.3, 0.4) is 0 Å². The van der Waals surface area contributed by atoms with Crippen LogP contribution in [0.25, 0.3) is 0 Å². The van der Waals surface area contributed by atoms with Crippen molar-refractivity contribution >= 4 is 9.84 Å². The monoisotopic (exact) mass is 437 g/mol. The van der Waals surface area contributed by atoms with Gasteiger partial charge in [-0.3, -0.25) is 0 Å². The van der Waals surface area contributed by atoms with Gasteiger partial charge in [-0.25, -0.2) is 8.42 Å². The quantitative estimate of drug-likeness (QED) is 0.280. The summed E-state index contributed by atoms with van der Waals surface area (Å²) in [5.41, 5.74) is 0. The molecule has 0 aliphatic heterocycles. The maximum absolute atomic E-state index is 12.9. The molecule has 0 amide bonds. The van der Waals surface area contributed by atoms with Gasteiger partial charge in [-0.05, 0) is 6.42 Å². The SMILES string of the molecule is CCCCCCCCCCCCS(=O)(=O)c1nc(C(F)(F)F)oc1C(F)(F)F. The fourth-order valence-electron chi connectivity index (χ4n) is 2.69. The zero-order valence-corrected chi connectivity index (χ0v) is 16.4. The first kappa shape index (κ1) is 24.8. The molecule has 28 heavy (non-hydrogen) atoms. The first-order valence-electron chi connectivity index (χ1n) is 9.27. The lowest BCUT2D eigenvalue weighted by Gasteiger charge is -2.06. The van der Waals surface area contributed by atoms with Gasteiger partial charge in [0.25, 0.3) is 0 Å². The Labute approximate surface area is 160 Å². The van der Waals surface area contributed by atoms with Gasteiger partial charge in [0.2, 0.25) is 10.8 Å². The van der Waals surface area contributed by atoms with Crippen molar-refractivity contribution < 1.29 is 39.2 Å². The van der Waals surface area contributed by atoms with E-state index in [1.54, 1.807) is 0 Å². The van der Waals surface area contributed by atoms with Crippen molar-refractivity contribution in [2.24, 2.45) is 0 Å². The minimum Gasteiger partial charge on any atom is -0.427 e. The Morgan fingerprint density at radius 1 is 0.786 bits per heavy atom. The van der Waals surface area contributed by atoms with E-state index >= 15 is 0 Å². The number of aromatic nitrogens is 1. The molecule has 164 valence electrons. The van der Waals surface area contributed by atoms with E-state index in [-0.39, 0.29) is 6.42 Å². The highest BCUT2D eigenvalue weighted by atomic mass is 32.2. The van der Waals surface area contributed by atoms with Gasteiger partial charge in [-0.1, -0.05) is 64.7 Å². The largest absolute Gasteiger partial charge is 0.468 e. The lowest BCUT2D eigenvalue weighted by molar-refractivity contribution is -0.173. The number of halogens is 6. The van der Waals surface area contributed by atoms with Crippen molar-refractivity contribution in [1.82, 2.24) is 4.98 Å². The molecule has 0 N–H and O–H groups in total. The molecule has 1 aromatic heterocycles. The maximum atomic E-state index is 12.9. The van der Waals surface area contributed by atoms with Gasteiger partial charge in [0.1, 0.15) is 0 Å². The first-order chi connectivity index (χ1) is 12.9. The van der Waals surface area contributed by atoms with E-state index in [1.165, 1.54) is 12.8 Å². The Bertz CT molecular complexity index is 695. The summed E-state index contributed by atoms with van der Waals surface area (Å²) in [4.78, 5) is 2.58. The maximum Gasteiger partial charge on any atom is 0.468 e. The first-order valence-corrected chi connectivity index (χ1v) is 10.9. The highest BCUT2D eigenvalue weighted by Gasteiger charge is 2.48. The average molecular weight is 437 g/mol. The summed E-state index contributed by atoms with van der Waals surface area (Å²) < 4.78 is 104. The lowest BCUT2D eigenvalue weighted by Crippen LogP contribution is -2.14. The highest BCUT2D eigenvalue weighted by Crippen LogP contribution is 2.39. The number of unbranched alkanes of at least 4 members (excludes halogenated alkanes) is 9. The van der Waals surface area contributed by atoms with Crippen LogP contribution >= 0.6 is 0 Å². The Hall–Kier alpha value is -1.26. The third-order valence-corrected chi connectivity index (χ3v) is 5.85. The number of nitrogens with zero attached hydrogens (tertiary/aromatic N) is 1. The van der Waals surface area contributed by atoms with Crippen LogP contribution in [0.1, 0.15) is 82.8 Å². The van der Waals surface area contributed by atoms with Crippen molar-refractivity contribution in [3.05, 3.63) is 11.7 Å². The molecule has 0 aromatic carbocycles. The number of rotatable bonds is 12. The molecule has 0 saturated carbocycles. The second-order valence-corrected chi connectivity index (χ2v) is 8.67.